The van der Waals surface area contributed by atoms with Gasteiger partial charge >= 0.3 is 0 Å². The van der Waals surface area contributed by atoms with Crippen LogP contribution in [-0.2, 0) is 11.3 Å². The summed E-state index contributed by atoms with van der Waals surface area (Å²) >= 11 is 0. The number of nitrogens with one attached hydrogen (secondary N) is 1. The lowest BCUT2D eigenvalue weighted by atomic mass is 9.77. The summed E-state index contributed by atoms with van der Waals surface area (Å²) in [6.45, 7) is 7.33. The van der Waals surface area contributed by atoms with Gasteiger partial charge in [-0.05, 0) is 38.7 Å². The highest BCUT2D eigenvalue weighted by molar-refractivity contribution is 5.76. The smallest absolute Gasteiger partial charge is 0.293 e. The van der Waals surface area contributed by atoms with Crippen LogP contribution in [0.1, 0.15) is 62.9 Å². The number of rotatable bonds is 6. The van der Waals surface area contributed by atoms with Crippen molar-refractivity contribution in [3.8, 4) is 0 Å². The molecule has 0 aromatic carbocycles. The molecule has 2 aromatic rings. The first kappa shape index (κ1) is 17.9. The Bertz CT molecular complexity index is 962. The molecular formula is C19H25N5O3. The van der Waals surface area contributed by atoms with Gasteiger partial charge in [0.05, 0.1) is 11.3 Å². The third-order valence-electron chi connectivity index (χ3n) is 5.41. The molecule has 0 spiro atoms. The van der Waals surface area contributed by atoms with Crippen molar-refractivity contribution >= 4 is 11.4 Å². The normalized spacial score (nSPS) is 25.8. The van der Waals surface area contributed by atoms with Crippen molar-refractivity contribution in [1.82, 2.24) is 24.7 Å². The fourth-order valence-electron chi connectivity index (χ4n) is 3.66. The van der Waals surface area contributed by atoms with Crippen molar-refractivity contribution in [3.05, 3.63) is 40.6 Å². The fraction of sp³-hybridized carbons (Fsp3) is 0.579. The number of allylic oxidation sites excluding steroid dienone is 1. The van der Waals surface area contributed by atoms with Gasteiger partial charge in [0, 0.05) is 17.9 Å². The number of aromatic nitrogens is 4. The van der Waals surface area contributed by atoms with Crippen LogP contribution in [0.2, 0.25) is 0 Å². The molecule has 2 saturated carbocycles. The van der Waals surface area contributed by atoms with E-state index in [2.05, 4.69) is 22.1 Å². The average molecular weight is 371 g/mol. The summed E-state index contributed by atoms with van der Waals surface area (Å²) in [4.78, 5) is 25.2. The predicted octanol–water partition coefficient (Wildman–Crippen LogP) is 1.09. The molecular weight excluding hydrogens is 346 g/mol. The van der Waals surface area contributed by atoms with E-state index in [1.807, 2.05) is 13.0 Å². The van der Waals surface area contributed by atoms with Crippen molar-refractivity contribution in [1.29, 1.82) is 0 Å². The standard InChI is InChI=1S/C19H25N5O3/c1-4-11(2)17-22-23(10-16(25)20-13-8-19(3,27)9-13)18(26)15-7-14(12-5-6-12)21-24(15)17/h4,7,11-13,27H,1,5-6,8-10H2,2-3H3,(H,20,25)/t11?,13-,19+. The van der Waals surface area contributed by atoms with Crippen LogP contribution in [-0.4, -0.2) is 42.1 Å². The van der Waals surface area contributed by atoms with Gasteiger partial charge in [0.25, 0.3) is 5.56 Å². The van der Waals surface area contributed by atoms with Crippen LogP contribution in [0.15, 0.2) is 23.5 Å². The first-order chi connectivity index (χ1) is 12.8. The highest BCUT2D eigenvalue weighted by Gasteiger charge is 2.39. The molecule has 2 N–H and O–H groups in total. The molecule has 144 valence electrons. The fourth-order valence-corrected chi connectivity index (χ4v) is 3.66. The molecule has 1 atom stereocenters. The lowest BCUT2D eigenvalue weighted by molar-refractivity contribution is -0.125. The van der Waals surface area contributed by atoms with Gasteiger partial charge in [0.2, 0.25) is 5.91 Å². The molecule has 0 aliphatic heterocycles. The zero-order chi connectivity index (χ0) is 19.3. The molecule has 2 heterocycles. The number of hydrogen-bond donors (Lipinski definition) is 2. The number of aliphatic hydroxyl groups is 1. The predicted molar refractivity (Wildman–Crippen MR) is 99.6 cm³/mol. The van der Waals surface area contributed by atoms with Gasteiger partial charge in [0.1, 0.15) is 12.1 Å². The Labute approximate surface area is 156 Å². The van der Waals surface area contributed by atoms with E-state index >= 15 is 0 Å². The van der Waals surface area contributed by atoms with Gasteiger partial charge in [-0.1, -0.05) is 13.0 Å². The molecule has 4 rings (SSSR count). The Kier molecular flexibility index (Phi) is 4.18. The molecule has 2 aromatic heterocycles. The molecule has 27 heavy (non-hydrogen) atoms. The molecule has 0 bridgehead atoms. The highest BCUT2D eigenvalue weighted by atomic mass is 16.3. The SMILES string of the molecule is C=CC(C)c1nn(CC(=O)N[C@H]2C[C@@](C)(O)C2)c(=O)c2cc(C3CC3)nn12. The molecule has 8 heteroatoms. The minimum atomic E-state index is -0.713. The highest BCUT2D eigenvalue weighted by Crippen LogP contribution is 2.39. The summed E-state index contributed by atoms with van der Waals surface area (Å²) in [5.41, 5.74) is 0.306. The first-order valence-electron chi connectivity index (χ1n) is 9.42. The summed E-state index contributed by atoms with van der Waals surface area (Å²) in [6.07, 6.45) is 4.96. The molecule has 1 amide bonds. The zero-order valence-corrected chi connectivity index (χ0v) is 15.7. The largest absolute Gasteiger partial charge is 0.390 e. The van der Waals surface area contributed by atoms with Crippen molar-refractivity contribution in [3.63, 3.8) is 0 Å². The number of carbonyl (C=O) groups excluding carboxylic acids is 1. The minimum Gasteiger partial charge on any atom is -0.390 e. The maximum atomic E-state index is 12.8. The van der Waals surface area contributed by atoms with Crippen molar-refractivity contribution in [2.24, 2.45) is 0 Å². The number of carbonyl (C=O) groups is 1. The monoisotopic (exact) mass is 371 g/mol. The van der Waals surface area contributed by atoms with E-state index in [0.717, 1.165) is 18.5 Å². The zero-order valence-electron chi connectivity index (χ0n) is 15.7. The molecule has 2 fully saturated rings. The van der Waals surface area contributed by atoms with E-state index < -0.39 is 5.60 Å². The summed E-state index contributed by atoms with van der Waals surface area (Å²) in [5.74, 6) is 0.606. The van der Waals surface area contributed by atoms with E-state index in [9.17, 15) is 14.7 Å². The summed E-state index contributed by atoms with van der Waals surface area (Å²) in [5, 5.41) is 21.6. The lowest BCUT2D eigenvalue weighted by Crippen LogP contribution is -2.54. The lowest BCUT2D eigenvalue weighted by Gasteiger charge is -2.41. The van der Waals surface area contributed by atoms with Crippen LogP contribution >= 0.6 is 0 Å². The van der Waals surface area contributed by atoms with Gasteiger partial charge in [-0.25, -0.2) is 9.20 Å². The van der Waals surface area contributed by atoms with E-state index in [1.54, 1.807) is 17.5 Å². The van der Waals surface area contributed by atoms with Crippen LogP contribution in [0, 0.1) is 0 Å². The van der Waals surface area contributed by atoms with E-state index in [1.165, 1.54) is 4.68 Å². The van der Waals surface area contributed by atoms with E-state index in [0.29, 0.717) is 30.1 Å². The van der Waals surface area contributed by atoms with Gasteiger partial charge in [0.15, 0.2) is 5.82 Å². The maximum absolute atomic E-state index is 12.8. The van der Waals surface area contributed by atoms with Gasteiger partial charge in [-0.2, -0.15) is 10.2 Å². The van der Waals surface area contributed by atoms with Crippen LogP contribution in [0.5, 0.6) is 0 Å². The second kappa shape index (κ2) is 6.30. The Balaban J connectivity index is 1.63. The Hall–Kier alpha value is -2.48. The third-order valence-corrected chi connectivity index (χ3v) is 5.41. The number of hydrogen-bond acceptors (Lipinski definition) is 5. The second-order valence-electron chi connectivity index (χ2n) is 8.16. The van der Waals surface area contributed by atoms with Crippen molar-refractivity contribution < 1.29 is 9.90 Å². The quantitative estimate of drug-likeness (QED) is 0.740. The third kappa shape index (κ3) is 3.41. The molecule has 8 nitrogen and oxygen atoms in total. The van der Waals surface area contributed by atoms with Gasteiger partial charge < -0.3 is 10.4 Å². The molecule has 1 unspecified atom stereocenters. The number of amides is 1. The topological polar surface area (TPSA) is 102 Å². The summed E-state index contributed by atoms with van der Waals surface area (Å²) < 4.78 is 2.80. The van der Waals surface area contributed by atoms with E-state index in [-0.39, 0.29) is 30.0 Å². The number of fused-ring (bicyclic) bond motifs is 1. The van der Waals surface area contributed by atoms with Crippen LogP contribution in [0.4, 0.5) is 0 Å². The van der Waals surface area contributed by atoms with Crippen LogP contribution in [0.25, 0.3) is 5.52 Å². The summed E-state index contributed by atoms with van der Waals surface area (Å²) in [7, 11) is 0. The Morgan fingerprint density at radius 2 is 2.19 bits per heavy atom. The molecule has 2 aliphatic carbocycles. The maximum Gasteiger partial charge on any atom is 0.293 e. The van der Waals surface area contributed by atoms with Gasteiger partial charge in [-0.15, -0.1) is 6.58 Å². The van der Waals surface area contributed by atoms with Gasteiger partial charge in [-0.3, -0.25) is 9.59 Å². The molecule has 2 aliphatic rings. The first-order valence-corrected chi connectivity index (χ1v) is 9.42. The summed E-state index contributed by atoms with van der Waals surface area (Å²) in [6, 6.07) is 1.76. The van der Waals surface area contributed by atoms with E-state index in [4.69, 9.17) is 0 Å². The Morgan fingerprint density at radius 1 is 1.48 bits per heavy atom. The van der Waals surface area contributed by atoms with Crippen molar-refractivity contribution in [2.75, 3.05) is 0 Å². The Morgan fingerprint density at radius 3 is 2.78 bits per heavy atom. The minimum absolute atomic E-state index is 0.0602. The number of nitrogens with zero attached hydrogens (tertiary/aromatic N) is 4. The van der Waals surface area contributed by atoms with Crippen molar-refractivity contribution in [2.45, 2.75) is 69.6 Å². The van der Waals surface area contributed by atoms with Crippen LogP contribution in [0.3, 0.4) is 0 Å². The molecule has 0 saturated heterocycles. The van der Waals surface area contributed by atoms with Crippen LogP contribution < -0.4 is 10.9 Å². The second-order valence-corrected chi connectivity index (χ2v) is 8.16. The average Bonchev–Trinajstić information content (AvgIpc) is 3.34. The molecule has 0 radical (unpaired) electrons.